The van der Waals surface area contributed by atoms with Crippen molar-refractivity contribution < 1.29 is 4.79 Å². The van der Waals surface area contributed by atoms with Gasteiger partial charge in [-0.2, -0.15) is 0 Å². The lowest BCUT2D eigenvalue weighted by Gasteiger charge is -2.26. The van der Waals surface area contributed by atoms with E-state index in [9.17, 15) is 4.79 Å². The zero-order valence-electron chi connectivity index (χ0n) is 10.1. The highest BCUT2D eigenvalue weighted by atomic mass is 16.2. The number of carbonyl (C=O) groups is 1. The van der Waals surface area contributed by atoms with Gasteiger partial charge in [-0.25, -0.2) is 9.97 Å². The molecule has 0 radical (unpaired) electrons. The minimum Gasteiger partial charge on any atom is -0.382 e. The van der Waals surface area contributed by atoms with Crippen LogP contribution in [0.4, 0.5) is 5.82 Å². The summed E-state index contributed by atoms with van der Waals surface area (Å²) >= 11 is 0. The zero-order valence-corrected chi connectivity index (χ0v) is 10.1. The number of carbonyl (C=O) groups excluding carboxylic acids is 1. The lowest BCUT2D eigenvalue weighted by Crippen LogP contribution is -2.38. The van der Waals surface area contributed by atoms with Gasteiger partial charge in [0.05, 0.1) is 12.4 Å². The monoisotopic (exact) mass is 234 g/mol. The molecule has 1 aliphatic heterocycles. The molecular weight excluding hydrogens is 216 g/mol. The maximum absolute atomic E-state index is 12.3. The zero-order chi connectivity index (χ0) is 12.3. The van der Waals surface area contributed by atoms with Crippen LogP contribution in [-0.2, 0) is 0 Å². The van der Waals surface area contributed by atoms with Gasteiger partial charge in [0.1, 0.15) is 11.5 Å². The minimum atomic E-state index is -0.0353. The van der Waals surface area contributed by atoms with Crippen LogP contribution < -0.4 is 5.73 Å². The smallest absolute Gasteiger partial charge is 0.274 e. The van der Waals surface area contributed by atoms with Crippen LogP contribution in [0.15, 0.2) is 12.4 Å². The van der Waals surface area contributed by atoms with Crippen molar-refractivity contribution in [1.82, 2.24) is 14.9 Å². The number of nitrogens with two attached hydrogens (primary N) is 1. The van der Waals surface area contributed by atoms with Crippen LogP contribution in [0.3, 0.4) is 0 Å². The molecule has 1 fully saturated rings. The van der Waals surface area contributed by atoms with Gasteiger partial charge in [0.15, 0.2) is 0 Å². The number of nitrogen functional groups attached to an aromatic ring is 1. The number of rotatable bonds is 1. The fourth-order valence-corrected chi connectivity index (χ4v) is 2.17. The highest BCUT2D eigenvalue weighted by Gasteiger charge is 2.23. The van der Waals surface area contributed by atoms with E-state index in [2.05, 4.69) is 16.9 Å². The molecule has 0 saturated carbocycles. The summed E-state index contributed by atoms with van der Waals surface area (Å²) in [7, 11) is 0. The Labute approximate surface area is 101 Å². The molecular formula is C12H18N4O. The van der Waals surface area contributed by atoms with E-state index in [0.29, 0.717) is 11.5 Å². The van der Waals surface area contributed by atoms with Gasteiger partial charge in [-0.3, -0.25) is 4.79 Å². The summed E-state index contributed by atoms with van der Waals surface area (Å²) in [6.45, 7) is 2.90. The Bertz CT molecular complexity index is 390. The second kappa shape index (κ2) is 5.12. The fraction of sp³-hybridized carbons (Fsp3) is 0.583. The number of hydrogen-bond acceptors (Lipinski definition) is 4. The Kier molecular flexibility index (Phi) is 3.56. The van der Waals surface area contributed by atoms with E-state index in [1.807, 2.05) is 4.90 Å². The average Bonchev–Trinajstić information content (AvgIpc) is 2.54. The largest absolute Gasteiger partial charge is 0.382 e. The van der Waals surface area contributed by atoms with Crippen LogP contribution >= 0.6 is 0 Å². The number of anilines is 1. The molecule has 2 heterocycles. The summed E-state index contributed by atoms with van der Waals surface area (Å²) in [5.41, 5.74) is 5.84. The standard InChI is InChI=1S/C12H18N4O/c1-9-5-3-2-4-6-16(9)12(17)10-7-15-11(13)8-14-10/h7-9H,2-6H2,1H3,(H2,13,15). The van der Waals surface area contributed by atoms with E-state index in [1.165, 1.54) is 25.2 Å². The average molecular weight is 234 g/mol. The van der Waals surface area contributed by atoms with E-state index >= 15 is 0 Å². The normalized spacial score (nSPS) is 21.0. The van der Waals surface area contributed by atoms with Crippen molar-refractivity contribution in [2.45, 2.75) is 38.6 Å². The molecule has 1 saturated heterocycles. The van der Waals surface area contributed by atoms with E-state index < -0.39 is 0 Å². The van der Waals surface area contributed by atoms with Gasteiger partial charge in [0.2, 0.25) is 0 Å². The van der Waals surface area contributed by atoms with Crippen LogP contribution in [0.2, 0.25) is 0 Å². The Balaban J connectivity index is 2.15. The molecule has 5 nitrogen and oxygen atoms in total. The van der Waals surface area contributed by atoms with Gasteiger partial charge in [-0.15, -0.1) is 0 Å². The van der Waals surface area contributed by atoms with Crippen molar-refractivity contribution in [3.63, 3.8) is 0 Å². The Morgan fingerprint density at radius 1 is 1.35 bits per heavy atom. The minimum absolute atomic E-state index is 0.0353. The molecule has 2 N–H and O–H groups in total. The number of aromatic nitrogens is 2. The Hall–Kier alpha value is -1.65. The lowest BCUT2D eigenvalue weighted by molar-refractivity contribution is 0.0691. The molecule has 1 amide bonds. The van der Waals surface area contributed by atoms with E-state index in [0.717, 1.165) is 19.4 Å². The number of hydrogen-bond donors (Lipinski definition) is 1. The third-order valence-corrected chi connectivity index (χ3v) is 3.20. The third-order valence-electron chi connectivity index (χ3n) is 3.20. The molecule has 0 aromatic carbocycles. The maximum atomic E-state index is 12.3. The molecule has 1 atom stereocenters. The maximum Gasteiger partial charge on any atom is 0.274 e. The molecule has 1 aliphatic rings. The van der Waals surface area contributed by atoms with Crippen molar-refractivity contribution in [1.29, 1.82) is 0 Å². The summed E-state index contributed by atoms with van der Waals surface area (Å²) in [6.07, 6.45) is 7.40. The number of nitrogens with zero attached hydrogens (tertiary/aromatic N) is 3. The summed E-state index contributed by atoms with van der Waals surface area (Å²) in [5, 5.41) is 0. The van der Waals surface area contributed by atoms with Gasteiger partial charge in [-0.05, 0) is 19.8 Å². The quantitative estimate of drug-likeness (QED) is 0.798. The molecule has 0 bridgehead atoms. The molecule has 1 aromatic rings. The highest BCUT2D eigenvalue weighted by molar-refractivity contribution is 5.92. The topological polar surface area (TPSA) is 72.1 Å². The second-order valence-corrected chi connectivity index (χ2v) is 4.52. The molecule has 2 rings (SSSR count). The predicted octanol–water partition coefficient (Wildman–Crippen LogP) is 1.46. The summed E-state index contributed by atoms with van der Waals surface area (Å²) in [4.78, 5) is 22.1. The molecule has 92 valence electrons. The van der Waals surface area contributed by atoms with Crippen LogP contribution in [0.1, 0.15) is 43.1 Å². The van der Waals surface area contributed by atoms with Crippen LogP contribution in [0, 0.1) is 0 Å². The van der Waals surface area contributed by atoms with Crippen molar-refractivity contribution in [2.75, 3.05) is 12.3 Å². The molecule has 0 aliphatic carbocycles. The molecule has 0 spiro atoms. The van der Waals surface area contributed by atoms with Crippen molar-refractivity contribution in [2.24, 2.45) is 0 Å². The summed E-state index contributed by atoms with van der Waals surface area (Å²) in [6, 6.07) is 0.282. The van der Waals surface area contributed by atoms with E-state index in [1.54, 1.807) is 0 Å². The molecule has 1 aromatic heterocycles. The van der Waals surface area contributed by atoms with Crippen molar-refractivity contribution in [3.05, 3.63) is 18.1 Å². The molecule has 17 heavy (non-hydrogen) atoms. The molecule has 5 heteroatoms. The molecule has 1 unspecified atom stereocenters. The summed E-state index contributed by atoms with van der Waals surface area (Å²) in [5.74, 6) is 0.303. The van der Waals surface area contributed by atoms with Gasteiger partial charge < -0.3 is 10.6 Å². The predicted molar refractivity (Wildman–Crippen MR) is 65.4 cm³/mol. The summed E-state index contributed by atoms with van der Waals surface area (Å²) < 4.78 is 0. The number of amides is 1. The van der Waals surface area contributed by atoms with Gasteiger partial charge in [0.25, 0.3) is 5.91 Å². The van der Waals surface area contributed by atoms with E-state index in [-0.39, 0.29) is 11.9 Å². The Morgan fingerprint density at radius 3 is 2.88 bits per heavy atom. The van der Waals surface area contributed by atoms with E-state index in [4.69, 9.17) is 5.73 Å². The van der Waals surface area contributed by atoms with Gasteiger partial charge in [-0.1, -0.05) is 12.8 Å². The highest BCUT2D eigenvalue weighted by Crippen LogP contribution is 2.18. The van der Waals surface area contributed by atoms with Crippen LogP contribution in [0.5, 0.6) is 0 Å². The van der Waals surface area contributed by atoms with Crippen LogP contribution in [0.25, 0.3) is 0 Å². The van der Waals surface area contributed by atoms with Gasteiger partial charge in [0, 0.05) is 12.6 Å². The first-order valence-corrected chi connectivity index (χ1v) is 6.07. The third kappa shape index (κ3) is 2.72. The fourth-order valence-electron chi connectivity index (χ4n) is 2.17. The lowest BCUT2D eigenvalue weighted by atomic mass is 10.1. The Morgan fingerprint density at radius 2 is 2.18 bits per heavy atom. The SMILES string of the molecule is CC1CCCCCN1C(=O)c1cnc(N)cn1. The first kappa shape index (κ1) is 11.8. The van der Waals surface area contributed by atoms with Crippen molar-refractivity contribution >= 4 is 11.7 Å². The van der Waals surface area contributed by atoms with Crippen molar-refractivity contribution in [3.8, 4) is 0 Å². The number of likely N-dealkylation sites (tertiary alicyclic amines) is 1. The van der Waals surface area contributed by atoms with Crippen LogP contribution in [-0.4, -0.2) is 33.4 Å². The first-order valence-electron chi connectivity index (χ1n) is 6.07. The second-order valence-electron chi connectivity index (χ2n) is 4.52. The van der Waals surface area contributed by atoms with Gasteiger partial charge >= 0.3 is 0 Å². The first-order chi connectivity index (χ1) is 8.18.